The van der Waals surface area contributed by atoms with Gasteiger partial charge in [0.25, 0.3) is 0 Å². The topological polar surface area (TPSA) is 44.5 Å². The molecule has 1 aliphatic carbocycles. The van der Waals surface area contributed by atoms with Crippen molar-refractivity contribution < 1.29 is 9.47 Å². The molecule has 2 saturated heterocycles. The molecule has 2 N–H and O–H groups in total. The maximum atomic E-state index is 6.67. The molecule has 0 aromatic carbocycles. The lowest BCUT2D eigenvalue weighted by Crippen LogP contribution is -2.50. The average Bonchev–Trinajstić information content (AvgIpc) is 2.48. The van der Waals surface area contributed by atoms with Crippen LogP contribution < -0.4 is 5.73 Å². The minimum atomic E-state index is 0.0980. The van der Waals surface area contributed by atoms with Crippen LogP contribution in [0.15, 0.2) is 0 Å². The first-order valence-electron chi connectivity index (χ1n) is 8.66. The van der Waals surface area contributed by atoms with Gasteiger partial charge in [-0.1, -0.05) is 19.8 Å². The largest absolute Gasteiger partial charge is 0.381 e. The summed E-state index contributed by atoms with van der Waals surface area (Å²) >= 11 is 0. The number of nitrogens with two attached hydrogens (primary N) is 1. The predicted octanol–water partition coefficient (Wildman–Crippen LogP) is 3.12. The third-order valence-electron chi connectivity index (χ3n) is 6.08. The van der Waals surface area contributed by atoms with E-state index >= 15 is 0 Å². The molecule has 2 atom stereocenters. The third kappa shape index (κ3) is 3.20. The zero-order chi connectivity index (χ0) is 14.0. The summed E-state index contributed by atoms with van der Waals surface area (Å²) in [6.07, 6.45) is 9.90. The smallest absolute Gasteiger partial charge is 0.0729 e. The second kappa shape index (κ2) is 6.33. The molecule has 3 rings (SSSR count). The summed E-state index contributed by atoms with van der Waals surface area (Å²) in [6, 6.07) is 0.395. The van der Waals surface area contributed by atoms with E-state index in [0.717, 1.165) is 50.9 Å². The van der Waals surface area contributed by atoms with Gasteiger partial charge in [-0.3, -0.25) is 0 Å². The Morgan fingerprint density at radius 1 is 0.950 bits per heavy atom. The molecule has 3 heteroatoms. The minimum Gasteiger partial charge on any atom is -0.381 e. The molecule has 0 aromatic rings. The van der Waals surface area contributed by atoms with Crippen LogP contribution in [-0.4, -0.2) is 31.5 Å². The molecule has 2 unspecified atom stereocenters. The van der Waals surface area contributed by atoms with Gasteiger partial charge in [-0.05, 0) is 56.3 Å². The van der Waals surface area contributed by atoms with Crippen LogP contribution in [0.1, 0.15) is 58.3 Å². The Morgan fingerprint density at radius 3 is 2.35 bits per heavy atom. The van der Waals surface area contributed by atoms with Crippen LogP contribution in [0.4, 0.5) is 0 Å². The van der Waals surface area contributed by atoms with Crippen LogP contribution in [0.3, 0.4) is 0 Å². The molecule has 0 radical (unpaired) electrons. The summed E-state index contributed by atoms with van der Waals surface area (Å²) in [5, 5.41) is 0. The molecule has 3 nitrogen and oxygen atoms in total. The molecular formula is C17H31NO2. The van der Waals surface area contributed by atoms with E-state index in [2.05, 4.69) is 6.92 Å². The Balaban J connectivity index is 1.58. The molecule has 20 heavy (non-hydrogen) atoms. The number of rotatable bonds is 2. The Hall–Kier alpha value is -0.120. The monoisotopic (exact) mass is 281 g/mol. The molecule has 0 amide bonds. The van der Waals surface area contributed by atoms with Gasteiger partial charge in [0, 0.05) is 25.9 Å². The van der Waals surface area contributed by atoms with Crippen LogP contribution in [0.5, 0.6) is 0 Å². The van der Waals surface area contributed by atoms with Crippen LogP contribution >= 0.6 is 0 Å². The fourth-order valence-corrected chi connectivity index (χ4v) is 4.54. The van der Waals surface area contributed by atoms with E-state index in [9.17, 15) is 0 Å². The summed E-state index contributed by atoms with van der Waals surface area (Å²) in [4.78, 5) is 0. The van der Waals surface area contributed by atoms with Gasteiger partial charge in [0.05, 0.1) is 5.60 Å². The van der Waals surface area contributed by atoms with E-state index < -0.39 is 0 Å². The first-order valence-corrected chi connectivity index (χ1v) is 8.66. The third-order valence-corrected chi connectivity index (χ3v) is 6.08. The molecule has 1 saturated carbocycles. The highest BCUT2D eigenvalue weighted by atomic mass is 16.5. The molecule has 3 fully saturated rings. The molecule has 116 valence electrons. The summed E-state index contributed by atoms with van der Waals surface area (Å²) < 4.78 is 11.7. The first-order chi connectivity index (χ1) is 9.69. The van der Waals surface area contributed by atoms with Gasteiger partial charge in [0.15, 0.2) is 0 Å². The van der Waals surface area contributed by atoms with E-state index in [4.69, 9.17) is 15.2 Å². The van der Waals surface area contributed by atoms with Crippen molar-refractivity contribution in [2.45, 2.75) is 69.9 Å². The highest BCUT2D eigenvalue weighted by Crippen LogP contribution is 2.41. The molecule has 0 bridgehead atoms. The van der Waals surface area contributed by atoms with E-state index in [-0.39, 0.29) is 5.60 Å². The molecule has 1 spiro atoms. The molecule has 2 aliphatic heterocycles. The van der Waals surface area contributed by atoms with Gasteiger partial charge < -0.3 is 15.2 Å². The fraction of sp³-hybridized carbons (Fsp3) is 1.00. The zero-order valence-corrected chi connectivity index (χ0v) is 13.0. The Kier molecular flexibility index (Phi) is 4.68. The van der Waals surface area contributed by atoms with Crippen LogP contribution in [-0.2, 0) is 9.47 Å². The van der Waals surface area contributed by atoms with Gasteiger partial charge in [0.1, 0.15) is 0 Å². The lowest BCUT2D eigenvalue weighted by atomic mass is 9.70. The Bertz CT molecular complexity index is 301. The zero-order valence-electron chi connectivity index (χ0n) is 13.0. The number of hydrogen-bond acceptors (Lipinski definition) is 3. The van der Waals surface area contributed by atoms with Gasteiger partial charge in [-0.2, -0.15) is 0 Å². The highest BCUT2D eigenvalue weighted by Gasteiger charge is 2.42. The maximum absolute atomic E-state index is 6.67. The van der Waals surface area contributed by atoms with E-state index in [1.807, 2.05) is 0 Å². The minimum absolute atomic E-state index is 0.0980. The molecule has 2 heterocycles. The summed E-state index contributed by atoms with van der Waals surface area (Å²) in [6.45, 7) is 5.01. The van der Waals surface area contributed by atoms with E-state index in [1.165, 1.54) is 32.1 Å². The van der Waals surface area contributed by atoms with Crippen molar-refractivity contribution in [2.75, 3.05) is 19.8 Å². The van der Waals surface area contributed by atoms with Gasteiger partial charge in [0.2, 0.25) is 0 Å². The first kappa shape index (κ1) is 14.8. The van der Waals surface area contributed by atoms with Crippen molar-refractivity contribution >= 4 is 0 Å². The maximum Gasteiger partial charge on any atom is 0.0729 e. The normalized spacial score (nSPS) is 39.6. The summed E-state index contributed by atoms with van der Waals surface area (Å²) in [5.74, 6) is 2.33. The quantitative estimate of drug-likeness (QED) is 0.846. The fourth-order valence-electron chi connectivity index (χ4n) is 4.54. The lowest BCUT2D eigenvalue weighted by Gasteiger charge is -2.46. The van der Waals surface area contributed by atoms with E-state index in [0.29, 0.717) is 12.0 Å². The average molecular weight is 281 g/mol. The van der Waals surface area contributed by atoms with Crippen molar-refractivity contribution in [1.82, 2.24) is 0 Å². The second-order valence-electron chi connectivity index (χ2n) is 7.49. The Morgan fingerprint density at radius 2 is 1.65 bits per heavy atom. The van der Waals surface area contributed by atoms with Crippen LogP contribution in [0, 0.1) is 17.8 Å². The standard InChI is InChI=1S/C17H31NO2/c1-13-2-4-14(5-3-13)16(18)15-6-9-20-17(12-15)7-10-19-11-8-17/h13-16H,2-12,18H2,1H3. The summed E-state index contributed by atoms with van der Waals surface area (Å²) in [5.41, 5.74) is 6.77. The van der Waals surface area contributed by atoms with Crippen LogP contribution in [0.2, 0.25) is 0 Å². The molecule has 0 aromatic heterocycles. The highest BCUT2D eigenvalue weighted by molar-refractivity contribution is 4.94. The van der Waals surface area contributed by atoms with Gasteiger partial charge >= 0.3 is 0 Å². The number of ether oxygens (including phenoxy) is 2. The second-order valence-corrected chi connectivity index (χ2v) is 7.49. The van der Waals surface area contributed by atoms with Crippen molar-refractivity contribution in [3.8, 4) is 0 Å². The SMILES string of the molecule is CC1CCC(C(N)C2CCOC3(CCOCC3)C2)CC1. The number of hydrogen-bond donors (Lipinski definition) is 1. The van der Waals surface area contributed by atoms with Crippen LogP contribution in [0.25, 0.3) is 0 Å². The van der Waals surface area contributed by atoms with Crippen molar-refractivity contribution in [2.24, 2.45) is 23.5 Å². The van der Waals surface area contributed by atoms with Crippen molar-refractivity contribution in [3.63, 3.8) is 0 Å². The van der Waals surface area contributed by atoms with Gasteiger partial charge in [-0.15, -0.1) is 0 Å². The Labute approximate surface area is 123 Å². The van der Waals surface area contributed by atoms with Crippen molar-refractivity contribution in [3.05, 3.63) is 0 Å². The predicted molar refractivity (Wildman–Crippen MR) is 80.6 cm³/mol. The molecule has 3 aliphatic rings. The lowest BCUT2D eigenvalue weighted by molar-refractivity contribution is -0.151. The molecular weight excluding hydrogens is 250 g/mol. The summed E-state index contributed by atoms with van der Waals surface area (Å²) in [7, 11) is 0. The van der Waals surface area contributed by atoms with Gasteiger partial charge in [-0.25, -0.2) is 0 Å². The van der Waals surface area contributed by atoms with E-state index in [1.54, 1.807) is 0 Å². The van der Waals surface area contributed by atoms with Crippen molar-refractivity contribution in [1.29, 1.82) is 0 Å².